The third kappa shape index (κ3) is 8.22. The summed E-state index contributed by atoms with van der Waals surface area (Å²) in [4.78, 5) is 16.7. The molecule has 0 aliphatic carbocycles. The summed E-state index contributed by atoms with van der Waals surface area (Å²) in [5, 5.41) is 14.4. The summed E-state index contributed by atoms with van der Waals surface area (Å²) in [6, 6.07) is 7.08. The molecule has 1 heterocycles. The van der Waals surface area contributed by atoms with Crippen LogP contribution in [0, 0.1) is 13.8 Å². The number of nitrogens with zero attached hydrogens (tertiary/aromatic N) is 3. The fourth-order valence-electron chi connectivity index (χ4n) is 2.76. The van der Waals surface area contributed by atoms with Crippen LogP contribution in [-0.2, 0) is 18.4 Å². The predicted octanol–water partition coefficient (Wildman–Crippen LogP) is 3.78. The monoisotopic (exact) mass is 532 g/mol. The van der Waals surface area contributed by atoms with Gasteiger partial charge in [-0.15, -0.1) is 24.0 Å². The number of aliphatic imine (C=N–C) groups is 1. The van der Waals surface area contributed by atoms with Crippen LogP contribution in [-0.4, -0.2) is 34.7 Å². The van der Waals surface area contributed by atoms with Crippen molar-refractivity contribution in [2.75, 3.05) is 18.4 Å². The average Bonchev–Trinajstić information content (AvgIpc) is 2.90. The topological polar surface area (TPSA) is 83.3 Å². The smallest absolute Gasteiger partial charge is 0.224 e. The van der Waals surface area contributed by atoms with Crippen molar-refractivity contribution in [3.63, 3.8) is 0 Å². The van der Waals surface area contributed by atoms with Gasteiger partial charge in [0.1, 0.15) is 0 Å². The van der Waals surface area contributed by atoms with E-state index in [4.69, 9.17) is 11.6 Å². The van der Waals surface area contributed by atoms with Gasteiger partial charge in [0.05, 0.1) is 12.2 Å². The van der Waals surface area contributed by atoms with Gasteiger partial charge in [-0.3, -0.25) is 9.48 Å². The van der Waals surface area contributed by atoms with E-state index in [0.717, 1.165) is 35.1 Å². The van der Waals surface area contributed by atoms with Crippen LogP contribution in [0.5, 0.6) is 0 Å². The van der Waals surface area contributed by atoms with E-state index in [9.17, 15) is 4.79 Å². The fourth-order valence-corrected chi connectivity index (χ4v) is 2.88. The SMILES string of the molecule is CCNC(=NCc1c(C)nn(C)c1C)NCCCC(=O)Nc1ccc(Cl)cc1.I. The molecule has 160 valence electrons. The van der Waals surface area contributed by atoms with Crippen molar-refractivity contribution in [2.24, 2.45) is 12.0 Å². The van der Waals surface area contributed by atoms with Crippen LogP contribution in [0.15, 0.2) is 29.3 Å². The molecule has 0 aliphatic rings. The Bertz CT molecular complexity index is 819. The van der Waals surface area contributed by atoms with Gasteiger partial charge in [0, 0.05) is 48.5 Å². The highest BCUT2D eigenvalue weighted by Gasteiger charge is 2.09. The third-order valence-electron chi connectivity index (χ3n) is 4.40. The highest BCUT2D eigenvalue weighted by Crippen LogP contribution is 2.14. The standard InChI is InChI=1S/C20H29ClN6O.HI/c1-5-22-20(24-13-18-14(2)26-27(4)15(18)3)23-12-6-7-19(28)25-17-10-8-16(21)9-11-17;/h8-11H,5-7,12-13H2,1-4H3,(H,25,28)(H2,22,23,24);1H. The summed E-state index contributed by atoms with van der Waals surface area (Å²) < 4.78 is 1.87. The Balaban J connectivity index is 0.00000420. The van der Waals surface area contributed by atoms with Crippen LogP contribution in [0.2, 0.25) is 5.02 Å². The van der Waals surface area contributed by atoms with E-state index in [2.05, 4.69) is 26.0 Å². The second kappa shape index (κ2) is 12.7. The minimum absolute atomic E-state index is 0. The summed E-state index contributed by atoms with van der Waals surface area (Å²) >= 11 is 5.85. The van der Waals surface area contributed by atoms with E-state index >= 15 is 0 Å². The van der Waals surface area contributed by atoms with E-state index in [1.165, 1.54) is 0 Å². The zero-order valence-electron chi connectivity index (χ0n) is 17.4. The lowest BCUT2D eigenvalue weighted by molar-refractivity contribution is -0.116. The molecule has 3 N–H and O–H groups in total. The molecule has 29 heavy (non-hydrogen) atoms. The van der Waals surface area contributed by atoms with E-state index in [0.29, 0.717) is 31.0 Å². The molecule has 0 aliphatic heterocycles. The molecule has 9 heteroatoms. The number of guanidine groups is 1. The molecule has 0 bridgehead atoms. The Kier molecular flexibility index (Phi) is 11.0. The molecule has 1 aromatic heterocycles. The Morgan fingerprint density at radius 1 is 1.21 bits per heavy atom. The van der Waals surface area contributed by atoms with Crippen molar-refractivity contribution in [3.8, 4) is 0 Å². The number of carbonyl (C=O) groups is 1. The molecular formula is C20H30ClIN6O. The predicted molar refractivity (Wildman–Crippen MR) is 130 cm³/mol. The maximum Gasteiger partial charge on any atom is 0.224 e. The number of aromatic nitrogens is 2. The van der Waals surface area contributed by atoms with E-state index in [1.54, 1.807) is 24.3 Å². The largest absolute Gasteiger partial charge is 0.357 e. The number of rotatable bonds is 8. The Hall–Kier alpha value is -1.81. The van der Waals surface area contributed by atoms with Crippen molar-refractivity contribution in [1.82, 2.24) is 20.4 Å². The van der Waals surface area contributed by atoms with Gasteiger partial charge < -0.3 is 16.0 Å². The Labute approximate surface area is 194 Å². The second-order valence-electron chi connectivity index (χ2n) is 6.55. The summed E-state index contributed by atoms with van der Waals surface area (Å²) in [6.07, 6.45) is 1.13. The first-order valence-electron chi connectivity index (χ1n) is 9.47. The number of aryl methyl sites for hydroxylation is 2. The highest BCUT2D eigenvalue weighted by molar-refractivity contribution is 14.0. The van der Waals surface area contributed by atoms with Crippen molar-refractivity contribution in [1.29, 1.82) is 0 Å². The molecule has 1 amide bonds. The maximum absolute atomic E-state index is 12.0. The Morgan fingerprint density at radius 3 is 2.48 bits per heavy atom. The number of halogens is 2. The van der Waals surface area contributed by atoms with Gasteiger partial charge in [-0.25, -0.2) is 4.99 Å². The first kappa shape index (κ1) is 25.2. The highest BCUT2D eigenvalue weighted by atomic mass is 127. The maximum atomic E-state index is 12.0. The third-order valence-corrected chi connectivity index (χ3v) is 4.65. The lowest BCUT2D eigenvalue weighted by Gasteiger charge is -2.11. The van der Waals surface area contributed by atoms with Crippen molar-refractivity contribution >= 4 is 53.1 Å². The van der Waals surface area contributed by atoms with Gasteiger partial charge in [-0.05, 0) is 51.5 Å². The molecular weight excluding hydrogens is 503 g/mol. The lowest BCUT2D eigenvalue weighted by Crippen LogP contribution is -2.38. The summed E-state index contributed by atoms with van der Waals surface area (Å²) in [5.41, 5.74) is 4.01. The van der Waals surface area contributed by atoms with Crippen molar-refractivity contribution in [2.45, 2.75) is 40.2 Å². The number of benzene rings is 1. The summed E-state index contributed by atoms with van der Waals surface area (Å²) in [7, 11) is 1.94. The lowest BCUT2D eigenvalue weighted by atomic mass is 10.2. The number of hydrogen-bond donors (Lipinski definition) is 3. The average molecular weight is 533 g/mol. The molecule has 0 atom stereocenters. The van der Waals surface area contributed by atoms with Crippen LogP contribution < -0.4 is 16.0 Å². The van der Waals surface area contributed by atoms with Crippen LogP contribution in [0.1, 0.15) is 36.7 Å². The molecule has 0 saturated heterocycles. The molecule has 0 unspecified atom stereocenters. The van der Waals surface area contributed by atoms with Gasteiger partial charge in [0.25, 0.3) is 0 Å². The molecule has 0 fully saturated rings. The number of hydrogen-bond acceptors (Lipinski definition) is 3. The van der Waals surface area contributed by atoms with E-state index < -0.39 is 0 Å². The van der Waals surface area contributed by atoms with Crippen molar-refractivity contribution in [3.05, 3.63) is 46.2 Å². The van der Waals surface area contributed by atoms with E-state index in [1.807, 2.05) is 32.5 Å². The minimum atomic E-state index is -0.0207. The molecule has 2 aromatic rings. The summed E-state index contributed by atoms with van der Waals surface area (Å²) in [5.74, 6) is 0.718. The van der Waals surface area contributed by atoms with Crippen molar-refractivity contribution < 1.29 is 4.79 Å². The molecule has 0 saturated carbocycles. The molecule has 1 aromatic carbocycles. The summed E-state index contributed by atoms with van der Waals surface area (Å²) in [6.45, 7) is 8.07. The second-order valence-corrected chi connectivity index (χ2v) is 6.99. The molecule has 7 nitrogen and oxygen atoms in total. The number of carbonyl (C=O) groups excluding carboxylic acids is 1. The van der Waals surface area contributed by atoms with Crippen LogP contribution in [0.3, 0.4) is 0 Å². The fraction of sp³-hybridized carbons (Fsp3) is 0.450. The first-order valence-corrected chi connectivity index (χ1v) is 9.85. The zero-order valence-corrected chi connectivity index (χ0v) is 20.5. The van der Waals surface area contributed by atoms with Crippen LogP contribution >= 0.6 is 35.6 Å². The first-order chi connectivity index (χ1) is 13.4. The minimum Gasteiger partial charge on any atom is -0.357 e. The molecule has 2 rings (SSSR count). The quantitative estimate of drug-likeness (QED) is 0.209. The van der Waals surface area contributed by atoms with Crippen LogP contribution in [0.25, 0.3) is 0 Å². The van der Waals surface area contributed by atoms with Crippen LogP contribution in [0.4, 0.5) is 5.69 Å². The number of nitrogens with one attached hydrogen (secondary N) is 3. The molecule has 0 radical (unpaired) electrons. The molecule has 0 spiro atoms. The van der Waals surface area contributed by atoms with Gasteiger partial charge in [-0.1, -0.05) is 11.6 Å². The number of amides is 1. The van der Waals surface area contributed by atoms with Gasteiger partial charge in [-0.2, -0.15) is 5.10 Å². The zero-order chi connectivity index (χ0) is 20.5. The Morgan fingerprint density at radius 2 is 1.90 bits per heavy atom. The number of anilines is 1. The van der Waals surface area contributed by atoms with E-state index in [-0.39, 0.29) is 29.9 Å². The van der Waals surface area contributed by atoms with Gasteiger partial charge in [0.15, 0.2) is 5.96 Å². The normalized spacial score (nSPS) is 11.0. The van der Waals surface area contributed by atoms with Gasteiger partial charge in [0.2, 0.25) is 5.91 Å². The van der Waals surface area contributed by atoms with Gasteiger partial charge >= 0.3 is 0 Å².